The second-order valence-corrected chi connectivity index (χ2v) is 7.66. The highest BCUT2D eigenvalue weighted by Gasteiger charge is 2.22. The third-order valence-corrected chi connectivity index (χ3v) is 5.74. The molecule has 0 amide bonds. The molecule has 1 fully saturated rings. The summed E-state index contributed by atoms with van der Waals surface area (Å²) >= 11 is 0. The molecule has 0 unspecified atom stereocenters. The number of aromatic carboxylic acids is 1. The maximum atomic E-state index is 11.3. The Labute approximate surface area is 180 Å². The van der Waals surface area contributed by atoms with Gasteiger partial charge in [-0.1, -0.05) is 6.92 Å². The second kappa shape index (κ2) is 9.49. The van der Waals surface area contributed by atoms with Crippen molar-refractivity contribution in [2.24, 2.45) is 0 Å². The summed E-state index contributed by atoms with van der Waals surface area (Å²) in [5, 5.41) is 21.9. The van der Waals surface area contributed by atoms with Crippen LogP contribution in [-0.2, 0) is 30.8 Å². The van der Waals surface area contributed by atoms with E-state index in [-0.39, 0.29) is 5.56 Å². The predicted octanol–water partition coefficient (Wildman–Crippen LogP) is 3.19. The van der Waals surface area contributed by atoms with Crippen LogP contribution < -0.4 is 10.6 Å². The van der Waals surface area contributed by atoms with Gasteiger partial charge in [-0.05, 0) is 32.3 Å². The molecule has 0 saturated carbocycles. The van der Waals surface area contributed by atoms with Gasteiger partial charge in [0, 0.05) is 43.6 Å². The number of pyridine rings is 1. The topological polar surface area (TPSA) is 114 Å². The molecular weight excluding hydrogens is 398 g/mol. The van der Waals surface area contributed by atoms with Crippen LogP contribution >= 0.6 is 0 Å². The number of carbonyl (C=O) groups is 1. The van der Waals surface area contributed by atoms with E-state index in [2.05, 4.69) is 29.6 Å². The van der Waals surface area contributed by atoms with Gasteiger partial charge < -0.3 is 24.9 Å². The number of anilines is 1. The molecule has 3 N–H and O–H groups in total. The molecular formula is C22H29N5O4. The first-order valence-electron chi connectivity index (χ1n) is 10.8. The maximum Gasteiger partial charge on any atom is 0.339 e. The highest BCUT2D eigenvalue weighted by Crippen LogP contribution is 2.31. The molecule has 9 nitrogen and oxygen atoms in total. The van der Waals surface area contributed by atoms with Crippen LogP contribution in [0.2, 0.25) is 0 Å². The Balaban J connectivity index is 1.65. The Morgan fingerprint density at radius 2 is 2.10 bits per heavy atom. The molecule has 0 radical (unpaired) electrons. The number of hydrogen-bond acceptors (Lipinski definition) is 7. The van der Waals surface area contributed by atoms with Crippen LogP contribution in [0.4, 0.5) is 5.69 Å². The fourth-order valence-corrected chi connectivity index (χ4v) is 4.07. The molecule has 3 aromatic rings. The van der Waals surface area contributed by atoms with E-state index in [0.717, 1.165) is 67.0 Å². The minimum atomic E-state index is -0.989. The van der Waals surface area contributed by atoms with Crippen LogP contribution in [0.25, 0.3) is 11.0 Å². The summed E-state index contributed by atoms with van der Waals surface area (Å²) in [6.45, 7) is 7.28. The average molecular weight is 428 g/mol. The first-order chi connectivity index (χ1) is 15.1. The largest absolute Gasteiger partial charge is 0.478 e. The molecule has 4 heterocycles. The van der Waals surface area contributed by atoms with Crippen molar-refractivity contribution in [1.82, 2.24) is 20.1 Å². The fourth-order valence-electron chi connectivity index (χ4n) is 4.07. The lowest BCUT2D eigenvalue weighted by molar-refractivity contribution is 0.0694. The number of ether oxygens (including phenoxy) is 1. The van der Waals surface area contributed by atoms with Crippen molar-refractivity contribution in [3.63, 3.8) is 0 Å². The normalized spacial score (nSPS) is 14.9. The van der Waals surface area contributed by atoms with Crippen molar-refractivity contribution in [1.29, 1.82) is 0 Å². The van der Waals surface area contributed by atoms with Gasteiger partial charge in [-0.25, -0.2) is 14.5 Å². The number of carboxylic acid groups (broad SMARTS) is 1. The second-order valence-electron chi connectivity index (χ2n) is 7.66. The standard InChI is InChI=1S/C22H29N5O4/c1-3-18-16(11-23-13-19-15(22(28)29)7-10-31-19)20(25-14-5-8-30-9-6-14)17-12-24-27(4-2)21(17)26-18/h7,10,12,14,23H,3-6,8-9,11,13H2,1-2H3,(H,25,26)(H,28,29). The number of hydrogen-bond donors (Lipinski definition) is 3. The number of fused-ring (bicyclic) bond motifs is 1. The summed E-state index contributed by atoms with van der Waals surface area (Å²) in [5.41, 5.74) is 4.21. The monoisotopic (exact) mass is 427 g/mol. The lowest BCUT2D eigenvalue weighted by Gasteiger charge is -2.26. The van der Waals surface area contributed by atoms with Crippen molar-refractivity contribution in [3.8, 4) is 0 Å². The molecule has 1 saturated heterocycles. The summed E-state index contributed by atoms with van der Waals surface area (Å²) in [6, 6.07) is 1.80. The quantitative estimate of drug-likeness (QED) is 0.477. The summed E-state index contributed by atoms with van der Waals surface area (Å²) in [4.78, 5) is 16.3. The molecule has 1 aliphatic rings. The van der Waals surface area contributed by atoms with Gasteiger partial charge in [-0.15, -0.1) is 0 Å². The SMILES string of the molecule is CCc1nc2c(cnn2CC)c(NC2CCOCC2)c1CNCc1occc1C(=O)O. The Morgan fingerprint density at radius 3 is 2.81 bits per heavy atom. The summed E-state index contributed by atoms with van der Waals surface area (Å²) in [7, 11) is 0. The number of furan rings is 1. The zero-order valence-electron chi connectivity index (χ0n) is 18.0. The van der Waals surface area contributed by atoms with Crippen molar-refractivity contribution < 1.29 is 19.1 Å². The summed E-state index contributed by atoms with van der Waals surface area (Å²) in [6.07, 6.45) is 5.97. The van der Waals surface area contributed by atoms with E-state index in [9.17, 15) is 9.90 Å². The Bertz CT molecular complexity index is 1050. The van der Waals surface area contributed by atoms with E-state index in [1.165, 1.54) is 12.3 Å². The third kappa shape index (κ3) is 4.42. The molecule has 0 bridgehead atoms. The van der Waals surface area contributed by atoms with Gasteiger partial charge in [0.15, 0.2) is 5.65 Å². The van der Waals surface area contributed by atoms with E-state index in [1.807, 2.05) is 10.9 Å². The van der Waals surface area contributed by atoms with E-state index >= 15 is 0 Å². The van der Waals surface area contributed by atoms with E-state index in [4.69, 9.17) is 14.1 Å². The summed E-state index contributed by atoms with van der Waals surface area (Å²) in [5.74, 6) is -0.575. The van der Waals surface area contributed by atoms with Crippen LogP contribution in [0.1, 0.15) is 54.1 Å². The van der Waals surface area contributed by atoms with Gasteiger partial charge in [-0.2, -0.15) is 5.10 Å². The molecule has 4 rings (SSSR count). The third-order valence-electron chi connectivity index (χ3n) is 5.74. The van der Waals surface area contributed by atoms with Crippen LogP contribution in [0.5, 0.6) is 0 Å². The number of carboxylic acids is 1. The van der Waals surface area contributed by atoms with Gasteiger partial charge in [0.05, 0.1) is 30.1 Å². The lowest BCUT2D eigenvalue weighted by atomic mass is 10.0. The highest BCUT2D eigenvalue weighted by molar-refractivity contribution is 5.91. The van der Waals surface area contributed by atoms with E-state index < -0.39 is 5.97 Å². The zero-order valence-corrected chi connectivity index (χ0v) is 18.0. The molecule has 0 spiro atoms. The minimum Gasteiger partial charge on any atom is -0.478 e. The van der Waals surface area contributed by atoms with Gasteiger partial charge in [0.1, 0.15) is 11.3 Å². The number of nitrogens with zero attached hydrogens (tertiary/aromatic N) is 3. The molecule has 0 atom stereocenters. The Morgan fingerprint density at radius 1 is 1.29 bits per heavy atom. The first kappa shape index (κ1) is 21.3. The number of aromatic nitrogens is 3. The van der Waals surface area contributed by atoms with Crippen LogP contribution in [0, 0.1) is 0 Å². The van der Waals surface area contributed by atoms with Gasteiger partial charge in [0.25, 0.3) is 0 Å². The molecule has 3 aromatic heterocycles. The molecule has 166 valence electrons. The van der Waals surface area contributed by atoms with Gasteiger partial charge >= 0.3 is 5.97 Å². The number of rotatable bonds is 9. The summed E-state index contributed by atoms with van der Waals surface area (Å²) < 4.78 is 12.8. The van der Waals surface area contributed by atoms with Crippen molar-refractivity contribution in [2.45, 2.75) is 58.8 Å². The Hall–Kier alpha value is -2.91. The molecule has 31 heavy (non-hydrogen) atoms. The molecule has 9 heteroatoms. The van der Waals surface area contributed by atoms with Gasteiger partial charge in [-0.3, -0.25) is 0 Å². The number of nitrogens with one attached hydrogen (secondary N) is 2. The van der Waals surface area contributed by atoms with Crippen molar-refractivity contribution >= 4 is 22.7 Å². The van der Waals surface area contributed by atoms with Crippen molar-refractivity contribution in [2.75, 3.05) is 18.5 Å². The predicted molar refractivity (Wildman–Crippen MR) is 116 cm³/mol. The average Bonchev–Trinajstić information content (AvgIpc) is 3.42. The molecule has 1 aliphatic heterocycles. The smallest absolute Gasteiger partial charge is 0.339 e. The van der Waals surface area contributed by atoms with Crippen LogP contribution in [-0.4, -0.2) is 45.1 Å². The van der Waals surface area contributed by atoms with E-state index in [1.54, 1.807) is 0 Å². The minimum absolute atomic E-state index is 0.182. The zero-order chi connectivity index (χ0) is 21.8. The highest BCUT2D eigenvalue weighted by atomic mass is 16.5. The fraction of sp³-hybridized carbons (Fsp3) is 0.500. The molecule has 0 aliphatic carbocycles. The number of aryl methyl sites for hydroxylation is 2. The lowest BCUT2D eigenvalue weighted by Crippen LogP contribution is -2.29. The maximum absolute atomic E-state index is 11.3. The first-order valence-corrected chi connectivity index (χ1v) is 10.8. The van der Waals surface area contributed by atoms with Crippen LogP contribution in [0.15, 0.2) is 22.9 Å². The van der Waals surface area contributed by atoms with Crippen LogP contribution in [0.3, 0.4) is 0 Å². The Kier molecular flexibility index (Phi) is 6.53. The van der Waals surface area contributed by atoms with E-state index in [0.29, 0.717) is 24.9 Å². The molecule has 0 aromatic carbocycles. The van der Waals surface area contributed by atoms with Gasteiger partial charge in [0.2, 0.25) is 0 Å². The van der Waals surface area contributed by atoms with Crippen molar-refractivity contribution in [3.05, 3.63) is 41.1 Å².